The largest absolute Gasteiger partial charge is 0.368 e. The fraction of sp³-hybridized carbons (Fsp3) is 0.241. The third-order valence-electron chi connectivity index (χ3n) is 7.23. The molecule has 36 heavy (non-hydrogen) atoms. The van der Waals surface area contributed by atoms with Crippen molar-refractivity contribution < 1.29 is 4.79 Å². The van der Waals surface area contributed by atoms with E-state index in [1.807, 2.05) is 53.4 Å². The highest BCUT2D eigenvalue weighted by Gasteiger charge is 2.28. The van der Waals surface area contributed by atoms with Crippen LogP contribution in [0, 0.1) is 0 Å². The molecule has 2 aliphatic heterocycles. The van der Waals surface area contributed by atoms with Gasteiger partial charge in [-0.15, -0.1) is 0 Å². The van der Waals surface area contributed by atoms with Gasteiger partial charge in [-0.3, -0.25) is 9.88 Å². The number of piperazine rings is 1. The zero-order valence-electron chi connectivity index (χ0n) is 20.2. The Morgan fingerprint density at radius 3 is 2.53 bits per heavy atom. The van der Waals surface area contributed by atoms with Crippen molar-refractivity contribution in [2.24, 2.45) is 0 Å². The van der Waals surface area contributed by atoms with Crippen LogP contribution in [0.25, 0.3) is 22.0 Å². The maximum atomic E-state index is 13.5. The number of aromatic nitrogens is 1. The smallest absolute Gasteiger partial charge is 0.326 e. The topological polar surface area (TPSA) is 51.7 Å². The van der Waals surface area contributed by atoms with Gasteiger partial charge in [-0.2, -0.15) is 0 Å². The Kier molecular flexibility index (Phi) is 5.99. The lowest BCUT2D eigenvalue weighted by atomic mass is 10.0. The minimum atomic E-state index is -0.141. The van der Waals surface area contributed by atoms with Crippen molar-refractivity contribution in [3.05, 3.63) is 83.5 Å². The lowest BCUT2D eigenvalue weighted by molar-refractivity contribution is 0.257. The summed E-state index contributed by atoms with van der Waals surface area (Å²) in [5.41, 5.74) is 6.82. The first kappa shape index (κ1) is 22.8. The number of pyridine rings is 1. The molecule has 1 aromatic heterocycles. The van der Waals surface area contributed by atoms with Gasteiger partial charge in [0.25, 0.3) is 0 Å². The highest BCUT2D eigenvalue weighted by atomic mass is 35.5. The number of anilines is 3. The first-order valence-corrected chi connectivity index (χ1v) is 12.7. The molecular formula is C29H28ClN5O. The zero-order valence-corrected chi connectivity index (χ0v) is 21.0. The molecular weight excluding hydrogens is 470 g/mol. The summed E-state index contributed by atoms with van der Waals surface area (Å²) < 4.78 is 0. The molecule has 4 aromatic rings. The molecule has 7 heteroatoms. The average Bonchev–Trinajstić information content (AvgIpc) is 3.32. The molecule has 0 atom stereocenters. The molecule has 2 amide bonds. The molecule has 0 aliphatic carbocycles. The van der Waals surface area contributed by atoms with Crippen molar-refractivity contribution >= 4 is 45.6 Å². The second kappa shape index (κ2) is 9.45. The van der Waals surface area contributed by atoms with E-state index in [1.54, 1.807) is 6.20 Å². The number of likely N-dealkylation sites (N-methyl/N-ethyl adjacent to an activating group) is 1. The number of carbonyl (C=O) groups excluding carboxylic acids is 1. The number of amides is 2. The molecule has 6 rings (SSSR count). The lowest BCUT2D eigenvalue weighted by Gasteiger charge is -2.35. The molecule has 2 aliphatic rings. The van der Waals surface area contributed by atoms with Gasteiger partial charge in [0, 0.05) is 49.9 Å². The first-order chi connectivity index (χ1) is 17.6. The third-order valence-corrected chi connectivity index (χ3v) is 7.53. The average molecular weight is 498 g/mol. The second-order valence-electron chi connectivity index (χ2n) is 9.48. The molecule has 3 aromatic carbocycles. The molecule has 3 heterocycles. The van der Waals surface area contributed by atoms with E-state index in [1.165, 1.54) is 0 Å². The van der Waals surface area contributed by atoms with Crippen LogP contribution in [0.1, 0.15) is 5.56 Å². The van der Waals surface area contributed by atoms with E-state index >= 15 is 0 Å². The van der Waals surface area contributed by atoms with Gasteiger partial charge in [0.1, 0.15) is 0 Å². The molecule has 0 spiro atoms. The van der Waals surface area contributed by atoms with Crippen LogP contribution in [0.3, 0.4) is 0 Å². The molecule has 0 radical (unpaired) electrons. The van der Waals surface area contributed by atoms with Crippen LogP contribution in [-0.2, 0) is 6.42 Å². The van der Waals surface area contributed by atoms with Crippen LogP contribution >= 0.6 is 11.6 Å². The number of nitrogens with one attached hydrogen (secondary N) is 1. The number of urea groups is 1. The third kappa shape index (κ3) is 4.16. The molecule has 0 saturated carbocycles. The van der Waals surface area contributed by atoms with Crippen LogP contribution in [0.4, 0.5) is 21.9 Å². The van der Waals surface area contributed by atoms with E-state index in [0.717, 1.165) is 82.3 Å². The minimum Gasteiger partial charge on any atom is -0.368 e. The predicted molar refractivity (Wildman–Crippen MR) is 148 cm³/mol. The molecule has 0 unspecified atom stereocenters. The summed E-state index contributed by atoms with van der Waals surface area (Å²) in [6.45, 7) is 4.47. The van der Waals surface area contributed by atoms with Gasteiger partial charge in [-0.1, -0.05) is 48.0 Å². The number of hydrogen-bond acceptors (Lipinski definition) is 4. The van der Waals surface area contributed by atoms with Gasteiger partial charge >= 0.3 is 6.03 Å². The SMILES string of the molecule is CN1CCN(c2cc3c(cc2Cl)CCN3C(=O)Nc2ccc(-c3ccccc3)c3ncccc23)CC1. The van der Waals surface area contributed by atoms with Gasteiger partial charge in [0.05, 0.1) is 27.6 Å². The van der Waals surface area contributed by atoms with E-state index in [9.17, 15) is 4.79 Å². The van der Waals surface area contributed by atoms with Crippen LogP contribution < -0.4 is 15.1 Å². The first-order valence-electron chi connectivity index (χ1n) is 12.4. The highest BCUT2D eigenvalue weighted by Crippen LogP contribution is 2.39. The zero-order chi connectivity index (χ0) is 24.6. The Morgan fingerprint density at radius 2 is 1.72 bits per heavy atom. The highest BCUT2D eigenvalue weighted by molar-refractivity contribution is 6.33. The van der Waals surface area contributed by atoms with Gasteiger partial charge in [-0.05, 0) is 54.9 Å². The molecule has 1 saturated heterocycles. The maximum absolute atomic E-state index is 13.5. The minimum absolute atomic E-state index is 0.141. The predicted octanol–water partition coefficient (Wildman–Crippen LogP) is 5.90. The summed E-state index contributed by atoms with van der Waals surface area (Å²) in [7, 11) is 2.14. The monoisotopic (exact) mass is 497 g/mol. The number of fused-ring (bicyclic) bond motifs is 2. The number of rotatable bonds is 3. The normalized spacial score (nSPS) is 15.8. The molecule has 1 fully saturated rings. The fourth-order valence-corrected chi connectivity index (χ4v) is 5.52. The van der Waals surface area contributed by atoms with E-state index in [-0.39, 0.29) is 6.03 Å². The Hall–Kier alpha value is -3.61. The molecule has 6 nitrogen and oxygen atoms in total. The summed E-state index contributed by atoms with van der Waals surface area (Å²) in [4.78, 5) is 24.7. The number of benzene rings is 3. The fourth-order valence-electron chi connectivity index (χ4n) is 5.21. The van der Waals surface area contributed by atoms with Crippen molar-refractivity contribution in [1.29, 1.82) is 0 Å². The summed E-state index contributed by atoms with van der Waals surface area (Å²) in [5, 5.41) is 4.84. The molecule has 182 valence electrons. The summed E-state index contributed by atoms with van der Waals surface area (Å²) in [6.07, 6.45) is 2.58. The Balaban J connectivity index is 1.30. The van der Waals surface area contributed by atoms with Crippen LogP contribution in [0.15, 0.2) is 72.9 Å². The van der Waals surface area contributed by atoms with E-state index < -0.39 is 0 Å². The van der Waals surface area contributed by atoms with Crippen molar-refractivity contribution in [3.63, 3.8) is 0 Å². The summed E-state index contributed by atoms with van der Waals surface area (Å²) >= 11 is 6.68. The van der Waals surface area contributed by atoms with E-state index in [0.29, 0.717) is 6.54 Å². The quantitative estimate of drug-likeness (QED) is 0.383. The number of nitrogens with zero attached hydrogens (tertiary/aromatic N) is 4. The number of carbonyl (C=O) groups is 1. The summed E-state index contributed by atoms with van der Waals surface area (Å²) in [5.74, 6) is 0. The number of hydrogen-bond donors (Lipinski definition) is 1. The number of halogens is 1. The summed E-state index contributed by atoms with van der Waals surface area (Å²) in [6, 6.07) is 22.1. The van der Waals surface area contributed by atoms with Crippen molar-refractivity contribution in [2.45, 2.75) is 6.42 Å². The van der Waals surface area contributed by atoms with Crippen molar-refractivity contribution in [1.82, 2.24) is 9.88 Å². The van der Waals surface area contributed by atoms with Gasteiger partial charge < -0.3 is 15.1 Å². The van der Waals surface area contributed by atoms with E-state index in [2.05, 4.69) is 45.3 Å². The Labute approximate surface area is 216 Å². The Morgan fingerprint density at radius 1 is 0.917 bits per heavy atom. The van der Waals surface area contributed by atoms with Crippen molar-refractivity contribution in [3.8, 4) is 11.1 Å². The second-order valence-corrected chi connectivity index (χ2v) is 9.89. The Bertz CT molecular complexity index is 1430. The molecule has 1 N–H and O–H groups in total. The van der Waals surface area contributed by atoms with E-state index in [4.69, 9.17) is 11.6 Å². The molecule has 0 bridgehead atoms. The lowest BCUT2D eigenvalue weighted by Crippen LogP contribution is -2.44. The van der Waals surface area contributed by atoms with Crippen molar-refractivity contribution in [2.75, 3.05) is 54.9 Å². The van der Waals surface area contributed by atoms with Crippen LogP contribution in [-0.4, -0.2) is 55.7 Å². The maximum Gasteiger partial charge on any atom is 0.326 e. The van der Waals surface area contributed by atoms with Gasteiger partial charge in [-0.25, -0.2) is 4.79 Å². The standard InChI is InChI=1S/C29H28ClN5O/c1-33-14-16-34(17-15-33)27-19-26-21(18-24(27)30)11-13-35(26)29(36)32-25-10-9-22(20-6-3-2-4-7-20)28-23(25)8-5-12-31-28/h2-10,12,18-19H,11,13-17H2,1H3,(H,32,36). The van der Waals surface area contributed by atoms with Crippen LogP contribution in [0.2, 0.25) is 5.02 Å². The van der Waals surface area contributed by atoms with Crippen LogP contribution in [0.5, 0.6) is 0 Å². The van der Waals surface area contributed by atoms with Gasteiger partial charge in [0.15, 0.2) is 0 Å². The van der Waals surface area contributed by atoms with Gasteiger partial charge in [0.2, 0.25) is 0 Å².